The molecule has 3 nitrogen and oxygen atoms in total. The fraction of sp³-hybridized carbons (Fsp3) is 1.00. The summed E-state index contributed by atoms with van der Waals surface area (Å²) in [5.74, 6) is 0.755. The number of ether oxygens (including phenoxy) is 1. The fourth-order valence-corrected chi connectivity index (χ4v) is 3.12. The molecule has 0 spiro atoms. The molecule has 20 heavy (non-hydrogen) atoms. The van der Waals surface area contributed by atoms with Gasteiger partial charge in [-0.2, -0.15) is 0 Å². The molecular weight excluding hydrogens is 248 g/mol. The highest BCUT2D eigenvalue weighted by molar-refractivity contribution is 4.93. The minimum Gasteiger partial charge on any atom is -0.382 e. The molecule has 0 amide bonds. The van der Waals surface area contributed by atoms with Gasteiger partial charge in [0.05, 0.1) is 0 Å². The predicted octanol–water partition coefficient (Wildman–Crippen LogP) is 3.15. The molecule has 1 aliphatic heterocycles. The zero-order chi connectivity index (χ0) is 15.2. The molecular formula is C17H36N2O. The molecule has 0 bridgehead atoms. The highest BCUT2D eigenvalue weighted by atomic mass is 16.5. The van der Waals surface area contributed by atoms with Crippen molar-refractivity contribution in [2.24, 2.45) is 11.3 Å². The zero-order valence-electron chi connectivity index (χ0n) is 14.5. The van der Waals surface area contributed by atoms with Crippen LogP contribution in [0.25, 0.3) is 0 Å². The molecule has 120 valence electrons. The van der Waals surface area contributed by atoms with E-state index in [1.165, 1.54) is 13.0 Å². The molecule has 1 N–H and O–H groups in total. The van der Waals surface area contributed by atoms with E-state index in [0.29, 0.717) is 17.5 Å². The van der Waals surface area contributed by atoms with E-state index >= 15 is 0 Å². The van der Waals surface area contributed by atoms with Crippen LogP contribution < -0.4 is 5.32 Å². The Balaban J connectivity index is 2.58. The number of hydrogen-bond acceptors (Lipinski definition) is 3. The molecule has 0 aromatic rings. The van der Waals surface area contributed by atoms with Crippen LogP contribution in [0.1, 0.15) is 54.4 Å². The monoisotopic (exact) mass is 284 g/mol. The van der Waals surface area contributed by atoms with E-state index < -0.39 is 0 Å². The van der Waals surface area contributed by atoms with Crippen LogP contribution in [0.5, 0.6) is 0 Å². The lowest BCUT2D eigenvalue weighted by Crippen LogP contribution is -2.62. The Labute approximate surface area is 126 Å². The normalized spacial score (nSPS) is 26.7. The lowest BCUT2D eigenvalue weighted by molar-refractivity contribution is 0.0349. The maximum atomic E-state index is 5.50. The van der Waals surface area contributed by atoms with Gasteiger partial charge in [0, 0.05) is 44.9 Å². The third-order valence-corrected chi connectivity index (χ3v) is 4.71. The van der Waals surface area contributed by atoms with Gasteiger partial charge < -0.3 is 10.1 Å². The standard InChI is InChI=1S/C17H36N2O/c1-7-14(3)15-13-19(10-9-11-20-8-2)16(12-18-15)17(4,5)6/h14-16,18H,7-13H2,1-6H3. The lowest BCUT2D eigenvalue weighted by atomic mass is 9.82. The Kier molecular flexibility index (Phi) is 7.49. The van der Waals surface area contributed by atoms with Gasteiger partial charge in [-0.05, 0) is 24.7 Å². The maximum absolute atomic E-state index is 5.50. The van der Waals surface area contributed by atoms with Crippen molar-refractivity contribution in [1.29, 1.82) is 0 Å². The molecule has 3 unspecified atom stereocenters. The molecule has 0 aromatic heterocycles. The van der Waals surface area contributed by atoms with Crippen molar-refractivity contribution in [3.8, 4) is 0 Å². The van der Waals surface area contributed by atoms with Crippen LogP contribution in [0.15, 0.2) is 0 Å². The average molecular weight is 284 g/mol. The van der Waals surface area contributed by atoms with Crippen molar-refractivity contribution in [1.82, 2.24) is 10.2 Å². The second-order valence-electron chi connectivity index (χ2n) is 7.33. The van der Waals surface area contributed by atoms with Gasteiger partial charge in [-0.3, -0.25) is 4.90 Å². The molecule has 1 fully saturated rings. The van der Waals surface area contributed by atoms with Crippen molar-refractivity contribution in [3.05, 3.63) is 0 Å². The molecule has 3 atom stereocenters. The van der Waals surface area contributed by atoms with Crippen molar-refractivity contribution in [3.63, 3.8) is 0 Å². The van der Waals surface area contributed by atoms with Crippen LogP contribution in [0.2, 0.25) is 0 Å². The Morgan fingerprint density at radius 1 is 1.30 bits per heavy atom. The van der Waals surface area contributed by atoms with Gasteiger partial charge in [0.15, 0.2) is 0 Å². The smallest absolute Gasteiger partial charge is 0.0478 e. The van der Waals surface area contributed by atoms with Crippen molar-refractivity contribution < 1.29 is 4.74 Å². The third kappa shape index (κ3) is 5.34. The van der Waals surface area contributed by atoms with Crippen LogP contribution in [0.3, 0.4) is 0 Å². The molecule has 3 heteroatoms. The fourth-order valence-electron chi connectivity index (χ4n) is 3.12. The lowest BCUT2D eigenvalue weighted by Gasteiger charge is -2.47. The molecule has 0 saturated carbocycles. The van der Waals surface area contributed by atoms with Gasteiger partial charge in [-0.15, -0.1) is 0 Å². The van der Waals surface area contributed by atoms with E-state index in [1.54, 1.807) is 0 Å². The van der Waals surface area contributed by atoms with E-state index in [-0.39, 0.29) is 0 Å². The molecule has 0 aromatic carbocycles. The van der Waals surface area contributed by atoms with Gasteiger partial charge in [0.1, 0.15) is 0 Å². The molecule has 1 rings (SSSR count). The van der Waals surface area contributed by atoms with Crippen LogP contribution in [-0.2, 0) is 4.74 Å². The second kappa shape index (κ2) is 8.35. The Morgan fingerprint density at radius 2 is 2.00 bits per heavy atom. The van der Waals surface area contributed by atoms with Crippen molar-refractivity contribution in [2.75, 3.05) is 32.8 Å². The summed E-state index contributed by atoms with van der Waals surface area (Å²) in [6.07, 6.45) is 2.40. The molecule has 1 heterocycles. The van der Waals surface area contributed by atoms with Gasteiger partial charge in [-0.25, -0.2) is 0 Å². The first-order valence-electron chi connectivity index (χ1n) is 8.45. The first-order valence-corrected chi connectivity index (χ1v) is 8.45. The number of nitrogens with zero attached hydrogens (tertiary/aromatic N) is 1. The summed E-state index contributed by atoms with van der Waals surface area (Å²) in [7, 11) is 0. The van der Waals surface area contributed by atoms with E-state index in [1.807, 2.05) is 0 Å². The molecule has 0 aliphatic carbocycles. The summed E-state index contributed by atoms with van der Waals surface area (Å²) in [4.78, 5) is 2.70. The summed E-state index contributed by atoms with van der Waals surface area (Å²) >= 11 is 0. The molecule has 0 radical (unpaired) electrons. The summed E-state index contributed by atoms with van der Waals surface area (Å²) < 4.78 is 5.50. The largest absolute Gasteiger partial charge is 0.382 e. The molecule has 1 saturated heterocycles. The number of nitrogens with one attached hydrogen (secondary N) is 1. The Bertz CT molecular complexity index is 262. The van der Waals surface area contributed by atoms with Crippen LogP contribution in [-0.4, -0.2) is 49.8 Å². The minimum atomic E-state index is 0.332. The highest BCUT2D eigenvalue weighted by Crippen LogP contribution is 2.28. The topological polar surface area (TPSA) is 24.5 Å². The van der Waals surface area contributed by atoms with E-state index in [2.05, 4.69) is 51.8 Å². The number of piperazine rings is 1. The Morgan fingerprint density at radius 3 is 2.55 bits per heavy atom. The number of hydrogen-bond donors (Lipinski definition) is 1. The average Bonchev–Trinajstić information content (AvgIpc) is 2.41. The van der Waals surface area contributed by atoms with Crippen LogP contribution >= 0.6 is 0 Å². The van der Waals surface area contributed by atoms with Crippen LogP contribution in [0.4, 0.5) is 0 Å². The quantitative estimate of drug-likeness (QED) is 0.727. The first-order chi connectivity index (χ1) is 9.40. The molecule has 1 aliphatic rings. The summed E-state index contributed by atoms with van der Waals surface area (Å²) in [6.45, 7) is 19.0. The van der Waals surface area contributed by atoms with Gasteiger partial charge >= 0.3 is 0 Å². The summed E-state index contributed by atoms with van der Waals surface area (Å²) in [6, 6.07) is 1.27. The predicted molar refractivity (Wildman–Crippen MR) is 87.2 cm³/mol. The Hall–Kier alpha value is -0.120. The van der Waals surface area contributed by atoms with Crippen LogP contribution in [0, 0.1) is 11.3 Å². The van der Waals surface area contributed by atoms with Gasteiger partial charge in [0.2, 0.25) is 0 Å². The van der Waals surface area contributed by atoms with E-state index in [9.17, 15) is 0 Å². The number of rotatable bonds is 7. The second-order valence-corrected chi connectivity index (χ2v) is 7.33. The maximum Gasteiger partial charge on any atom is 0.0478 e. The zero-order valence-corrected chi connectivity index (χ0v) is 14.5. The van der Waals surface area contributed by atoms with Gasteiger partial charge in [-0.1, -0.05) is 41.0 Å². The van der Waals surface area contributed by atoms with Crippen molar-refractivity contribution in [2.45, 2.75) is 66.5 Å². The minimum absolute atomic E-state index is 0.332. The van der Waals surface area contributed by atoms with Gasteiger partial charge in [0.25, 0.3) is 0 Å². The third-order valence-electron chi connectivity index (χ3n) is 4.71. The van der Waals surface area contributed by atoms with E-state index in [0.717, 1.165) is 38.6 Å². The highest BCUT2D eigenvalue weighted by Gasteiger charge is 2.36. The summed E-state index contributed by atoms with van der Waals surface area (Å²) in [5, 5.41) is 3.79. The summed E-state index contributed by atoms with van der Waals surface area (Å²) in [5.41, 5.74) is 0.332. The van der Waals surface area contributed by atoms with Crippen molar-refractivity contribution >= 4 is 0 Å². The SMILES string of the molecule is CCOCCCN1CC(C(C)CC)NCC1C(C)(C)C. The van der Waals surface area contributed by atoms with E-state index in [4.69, 9.17) is 4.74 Å². The first kappa shape index (κ1) is 17.9.